The van der Waals surface area contributed by atoms with Crippen molar-refractivity contribution in [3.63, 3.8) is 0 Å². The maximum absolute atomic E-state index is 11.8. The van der Waals surface area contributed by atoms with Crippen molar-refractivity contribution in [2.75, 3.05) is 25.4 Å². The van der Waals surface area contributed by atoms with Gasteiger partial charge in [0.15, 0.2) is 0 Å². The Morgan fingerprint density at radius 2 is 2.17 bits per heavy atom. The smallest absolute Gasteiger partial charge is 0.223 e. The van der Waals surface area contributed by atoms with E-state index in [0.29, 0.717) is 12.6 Å². The van der Waals surface area contributed by atoms with E-state index in [9.17, 15) is 13.2 Å². The van der Waals surface area contributed by atoms with E-state index in [4.69, 9.17) is 0 Å². The van der Waals surface area contributed by atoms with Gasteiger partial charge in [-0.25, -0.2) is 13.1 Å². The van der Waals surface area contributed by atoms with Gasteiger partial charge in [0.05, 0.1) is 5.75 Å². The molecule has 0 aromatic carbocycles. The van der Waals surface area contributed by atoms with Crippen LogP contribution >= 0.6 is 0 Å². The summed E-state index contributed by atoms with van der Waals surface area (Å²) in [6.07, 6.45) is 1.63. The third-order valence-corrected chi connectivity index (χ3v) is 4.50. The zero-order chi connectivity index (χ0) is 13.6. The van der Waals surface area contributed by atoms with Gasteiger partial charge in [0.1, 0.15) is 0 Å². The van der Waals surface area contributed by atoms with Crippen LogP contribution in [0.4, 0.5) is 0 Å². The Bertz CT molecular complexity index is 370. The highest BCUT2D eigenvalue weighted by atomic mass is 32.2. The molecule has 0 spiro atoms. The van der Waals surface area contributed by atoms with Crippen molar-refractivity contribution in [1.82, 2.24) is 15.4 Å². The van der Waals surface area contributed by atoms with E-state index in [0.717, 1.165) is 19.4 Å². The molecule has 1 heterocycles. The Labute approximate surface area is 109 Å². The summed E-state index contributed by atoms with van der Waals surface area (Å²) >= 11 is 0. The SMILES string of the molecule is CCNS(=O)(=O)CCNC(=O)C1CCNC(C)C1. The molecule has 1 aliphatic rings. The molecule has 0 saturated carbocycles. The Balaban J connectivity index is 2.29. The molecule has 0 aliphatic carbocycles. The summed E-state index contributed by atoms with van der Waals surface area (Å²) in [4.78, 5) is 11.8. The molecule has 7 heteroatoms. The van der Waals surface area contributed by atoms with Crippen LogP contribution in [-0.2, 0) is 14.8 Å². The van der Waals surface area contributed by atoms with Gasteiger partial charge >= 0.3 is 0 Å². The second-order valence-corrected chi connectivity index (χ2v) is 6.61. The third-order valence-electron chi connectivity index (χ3n) is 3.03. The van der Waals surface area contributed by atoms with E-state index in [1.165, 1.54) is 0 Å². The van der Waals surface area contributed by atoms with E-state index in [1.54, 1.807) is 6.92 Å². The molecule has 106 valence electrons. The zero-order valence-corrected chi connectivity index (χ0v) is 11.8. The van der Waals surface area contributed by atoms with Crippen LogP contribution in [0.2, 0.25) is 0 Å². The molecule has 3 N–H and O–H groups in total. The highest BCUT2D eigenvalue weighted by Gasteiger charge is 2.24. The Hall–Kier alpha value is -0.660. The molecule has 6 nitrogen and oxygen atoms in total. The van der Waals surface area contributed by atoms with Crippen molar-refractivity contribution < 1.29 is 13.2 Å². The molecule has 1 saturated heterocycles. The molecule has 0 bridgehead atoms. The lowest BCUT2D eigenvalue weighted by atomic mass is 9.92. The van der Waals surface area contributed by atoms with Crippen molar-refractivity contribution in [3.05, 3.63) is 0 Å². The first-order chi connectivity index (χ1) is 8.44. The van der Waals surface area contributed by atoms with Gasteiger partial charge in [-0.2, -0.15) is 0 Å². The maximum Gasteiger partial charge on any atom is 0.223 e. The number of nitrogens with one attached hydrogen (secondary N) is 3. The fourth-order valence-corrected chi connectivity index (χ4v) is 3.07. The predicted octanol–water partition coefficient (Wildman–Crippen LogP) is -0.570. The molecule has 1 aliphatic heterocycles. The average molecular weight is 277 g/mol. The average Bonchev–Trinajstić information content (AvgIpc) is 2.28. The van der Waals surface area contributed by atoms with Gasteiger partial charge in [-0.3, -0.25) is 4.79 Å². The lowest BCUT2D eigenvalue weighted by Gasteiger charge is -2.27. The fourth-order valence-electron chi connectivity index (χ4n) is 2.12. The lowest BCUT2D eigenvalue weighted by Crippen LogP contribution is -2.43. The Morgan fingerprint density at radius 3 is 2.78 bits per heavy atom. The van der Waals surface area contributed by atoms with Crippen molar-refractivity contribution in [2.24, 2.45) is 5.92 Å². The van der Waals surface area contributed by atoms with Gasteiger partial charge in [0.25, 0.3) is 0 Å². The number of amides is 1. The van der Waals surface area contributed by atoms with Crippen LogP contribution < -0.4 is 15.4 Å². The van der Waals surface area contributed by atoms with Crippen molar-refractivity contribution >= 4 is 15.9 Å². The normalized spacial score (nSPS) is 24.8. The monoisotopic (exact) mass is 277 g/mol. The first kappa shape index (κ1) is 15.4. The summed E-state index contributed by atoms with van der Waals surface area (Å²) in [5, 5.41) is 5.98. The number of hydrogen-bond donors (Lipinski definition) is 3. The van der Waals surface area contributed by atoms with Crippen molar-refractivity contribution in [1.29, 1.82) is 0 Å². The molecular formula is C11H23N3O3S. The summed E-state index contributed by atoms with van der Waals surface area (Å²) in [6.45, 7) is 5.17. The van der Waals surface area contributed by atoms with Gasteiger partial charge in [-0.05, 0) is 26.3 Å². The van der Waals surface area contributed by atoms with Crippen LogP contribution in [0, 0.1) is 5.92 Å². The first-order valence-electron chi connectivity index (χ1n) is 6.43. The summed E-state index contributed by atoms with van der Waals surface area (Å²) in [5.74, 6) is -0.0919. The molecule has 2 atom stereocenters. The quantitative estimate of drug-likeness (QED) is 0.607. The number of carbonyl (C=O) groups excluding carboxylic acids is 1. The minimum Gasteiger partial charge on any atom is -0.355 e. The third kappa shape index (κ3) is 5.32. The molecular weight excluding hydrogens is 254 g/mol. The van der Waals surface area contributed by atoms with Gasteiger partial charge in [0, 0.05) is 25.0 Å². The maximum atomic E-state index is 11.8. The van der Waals surface area contributed by atoms with Crippen LogP contribution in [0.5, 0.6) is 0 Å². The zero-order valence-electron chi connectivity index (χ0n) is 11.0. The Kier molecular flexibility index (Phi) is 6.04. The van der Waals surface area contributed by atoms with Crippen LogP contribution in [0.15, 0.2) is 0 Å². The number of carbonyl (C=O) groups is 1. The van der Waals surface area contributed by atoms with Crippen LogP contribution in [-0.4, -0.2) is 45.8 Å². The van der Waals surface area contributed by atoms with Gasteiger partial charge in [0.2, 0.25) is 15.9 Å². The first-order valence-corrected chi connectivity index (χ1v) is 8.08. The summed E-state index contributed by atoms with van der Waals surface area (Å²) in [7, 11) is -3.25. The highest BCUT2D eigenvalue weighted by molar-refractivity contribution is 7.89. The van der Waals surface area contributed by atoms with Crippen LogP contribution in [0.1, 0.15) is 26.7 Å². The van der Waals surface area contributed by atoms with E-state index < -0.39 is 10.0 Å². The van der Waals surface area contributed by atoms with Crippen molar-refractivity contribution in [3.8, 4) is 0 Å². The minimum absolute atomic E-state index is 0.00286. The number of piperidine rings is 1. The Morgan fingerprint density at radius 1 is 1.44 bits per heavy atom. The second kappa shape index (κ2) is 7.06. The second-order valence-electron chi connectivity index (χ2n) is 4.68. The van der Waals surface area contributed by atoms with Crippen LogP contribution in [0.25, 0.3) is 0 Å². The van der Waals surface area contributed by atoms with E-state index in [1.807, 2.05) is 0 Å². The molecule has 1 fully saturated rings. The van der Waals surface area contributed by atoms with Crippen molar-refractivity contribution in [2.45, 2.75) is 32.7 Å². The molecule has 0 aromatic rings. The molecule has 2 unspecified atom stereocenters. The highest BCUT2D eigenvalue weighted by Crippen LogP contribution is 2.15. The van der Waals surface area contributed by atoms with E-state index >= 15 is 0 Å². The van der Waals surface area contributed by atoms with Crippen LogP contribution in [0.3, 0.4) is 0 Å². The standard InChI is InChI=1S/C11H23N3O3S/c1-3-14-18(16,17)7-6-13-11(15)10-4-5-12-9(2)8-10/h9-10,12,14H,3-8H2,1-2H3,(H,13,15). The number of sulfonamides is 1. The van der Waals surface area contributed by atoms with E-state index in [2.05, 4.69) is 22.3 Å². The van der Waals surface area contributed by atoms with E-state index in [-0.39, 0.29) is 24.1 Å². The van der Waals surface area contributed by atoms with Gasteiger partial charge < -0.3 is 10.6 Å². The minimum atomic E-state index is -3.25. The summed E-state index contributed by atoms with van der Waals surface area (Å²) in [5.41, 5.74) is 0. The molecule has 0 radical (unpaired) electrons. The number of rotatable bonds is 6. The largest absolute Gasteiger partial charge is 0.355 e. The molecule has 1 amide bonds. The fraction of sp³-hybridized carbons (Fsp3) is 0.909. The molecule has 18 heavy (non-hydrogen) atoms. The summed E-state index contributed by atoms with van der Waals surface area (Å²) < 4.78 is 25.1. The summed E-state index contributed by atoms with van der Waals surface area (Å²) in [6, 6.07) is 0.347. The predicted molar refractivity (Wildman–Crippen MR) is 70.7 cm³/mol. The number of hydrogen-bond acceptors (Lipinski definition) is 4. The van der Waals surface area contributed by atoms with Gasteiger partial charge in [-0.15, -0.1) is 0 Å². The molecule has 0 aromatic heterocycles. The topological polar surface area (TPSA) is 87.3 Å². The molecule has 1 rings (SSSR count). The lowest BCUT2D eigenvalue weighted by molar-refractivity contribution is -0.125. The van der Waals surface area contributed by atoms with Gasteiger partial charge in [-0.1, -0.05) is 6.92 Å².